The maximum Gasteiger partial charge on any atom is 0.0218 e. The summed E-state index contributed by atoms with van der Waals surface area (Å²) in [5.41, 5.74) is 0. The first-order valence-electron chi connectivity index (χ1n) is 7.10. The zero-order valence-electron chi connectivity index (χ0n) is 12.8. The van der Waals surface area contributed by atoms with E-state index in [2.05, 4.69) is 56.9 Å². The Morgan fingerprint density at radius 3 is 2.12 bits per heavy atom. The van der Waals surface area contributed by atoms with Crippen LogP contribution in [0.4, 0.5) is 0 Å². The van der Waals surface area contributed by atoms with Crippen LogP contribution in [0.5, 0.6) is 0 Å². The Bertz CT molecular complexity index is 169. The van der Waals surface area contributed by atoms with Gasteiger partial charge in [0.1, 0.15) is 0 Å². The second-order valence-corrected chi connectivity index (χ2v) is 5.56. The highest BCUT2D eigenvalue weighted by molar-refractivity contribution is 4.74. The molecule has 0 aliphatic rings. The van der Waals surface area contributed by atoms with Crippen LogP contribution in [0.15, 0.2) is 0 Å². The molecule has 0 rings (SSSR count). The van der Waals surface area contributed by atoms with Gasteiger partial charge in [0.05, 0.1) is 0 Å². The molecule has 0 spiro atoms. The Hall–Kier alpha value is -0.120. The lowest BCUT2D eigenvalue weighted by molar-refractivity contribution is 0.153. The number of likely N-dealkylation sites (N-methyl/N-ethyl adjacent to an activating group) is 2. The monoisotopic (exact) mass is 243 g/mol. The highest BCUT2D eigenvalue weighted by Crippen LogP contribution is 2.07. The average Bonchev–Trinajstić information content (AvgIpc) is 2.25. The predicted molar refractivity (Wildman–Crippen MR) is 77.6 cm³/mol. The van der Waals surface area contributed by atoms with Gasteiger partial charge in [0.25, 0.3) is 0 Å². The number of hydrogen-bond acceptors (Lipinski definition) is 3. The molecule has 3 heteroatoms. The minimum absolute atomic E-state index is 0.678. The summed E-state index contributed by atoms with van der Waals surface area (Å²) in [7, 11) is 4.30. The smallest absolute Gasteiger partial charge is 0.0218 e. The Kier molecular flexibility index (Phi) is 9.79. The summed E-state index contributed by atoms with van der Waals surface area (Å²) in [6.07, 6.45) is 1.23. The topological polar surface area (TPSA) is 18.5 Å². The lowest BCUT2D eigenvalue weighted by Gasteiger charge is -2.33. The van der Waals surface area contributed by atoms with Crippen molar-refractivity contribution in [3.63, 3.8) is 0 Å². The largest absolute Gasteiger partial charge is 0.315 e. The van der Waals surface area contributed by atoms with Gasteiger partial charge in [0.2, 0.25) is 0 Å². The molecule has 3 nitrogen and oxygen atoms in total. The van der Waals surface area contributed by atoms with E-state index in [0.717, 1.165) is 25.6 Å². The summed E-state index contributed by atoms with van der Waals surface area (Å²) in [5.74, 6) is 0.743. The van der Waals surface area contributed by atoms with Crippen LogP contribution in [-0.2, 0) is 0 Å². The fraction of sp³-hybridized carbons (Fsp3) is 1.00. The molecule has 0 amide bonds. The molecule has 0 aromatic carbocycles. The summed E-state index contributed by atoms with van der Waals surface area (Å²) in [6, 6.07) is 0.678. The lowest BCUT2D eigenvalue weighted by atomic mass is 10.1. The minimum Gasteiger partial charge on any atom is -0.315 e. The molecule has 17 heavy (non-hydrogen) atoms. The quantitative estimate of drug-likeness (QED) is 0.632. The molecule has 0 aliphatic heterocycles. The Labute approximate surface area is 109 Å². The second kappa shape index (κ2) is 9.86. The normalized spacial score (nSPS) is 13.9. The van der Waals surface area contributed by atoms with Crippen molar-refractivity contribution in [1.82, 2.24) is 15.1 Å². The van der Waals surface area contributed by atoms with Crippen LogP contribution in [0.1, 0.15) is 34.1 Å². The zero-order valence-corrected chi connectivity index (χ0v) is 12.8. The molecule has 104 valence electrons. The molecule has 0 aromatic heterocycles. The van der Waals surface area contributed by atoms with Crippen molar-refractivity contribution in [3.05, 3.63) is 0 Å². The molecule has 0 heterocycles. The van der Waals surface area contributed by atoms with Crippen LogP contribution in [0.3, 0.4) is 0 Å². The average molecular weight is 243 g/mol. The SMILES string of the molecule is CCNCC(CC)N(CCN(C)C)CC(C)C. The van der Waals surface area contributed by atoms with Crippen molar-refractivity contribution in [1.29, 1.82) is 0 Å². The zero-order chi connectivity index (χ0) is 13.3. The van der Waals surface area contributed by atoms with Gasteiger partial charge in [-0.3, -0.25) is 4.90 Å². The van der Waals surface area contributed by atoms with Gasteiger partial charge in [-0.1, -0.05) is 27.7 Å². The first kappa shape index (κ1) is 16.9. The van der Waals surface area contributed by atoms with Crippen LogP contribution in [0.25, 0.3) is 0 Å². The van der Waals surface area contributed by atoms with Crippen LogP contribution in [0, 0.1) is 5.92 Å². The van der Waals surface area contributed by atoms with Crippen molar-refractivity contribution in [2.24, 2.45) is 5.92 Å². The van der Waals surface area contributed by atoms with Gasteiger partial charge in [-0.25, -0.2) is 0 Å². The second-order valence-electron chi connectivity index (χ2n) is 5.56. The van der Waals surface area contributed by atoms with Gasteiger partial charge in [0, 0.05) is 32.2 Å². The summed E-state index contributed by atoms with van der Waals surface area (Å²) >= 11 is 0. The molecule has 0 bridgehead atoms. The fourth-order valence-electron chi connectivity index (χ4n) is 2.06. The van der Waals surface area contributed by atoms with Crippen LogP contribution in [0.2, 0.25) is 0 Å². The van der Waals surface area contributed by atoms with E-state index in [1.807, 2.05) is 0 Å². The molecular formula is C14H33N3. The molecule has 0 aromatic rings. The predicted octanol–water partition coefficient (Wildman–Crippen LogP) is 1.89. The van der Waals surface area contributed by atoms with E-state index in [0.29, 0.717) is 6.04 Å². The lowest BCUT2D eigenvalue weighted by Crippen LogP contribution is -2.46. The van der Waals surface area contributed by atoms with Crippen molar-refractivity contribution < 1.29 is 0 Å². The van der Waals surface area contributed by atoms with Crippen LogP contribution >= 0.6 is 0 Å². The van der Waals surface area contributed by atoms with E-state index in [4.69, 9.17) is 0 Å². The summed E-state index contributed by atoms with van der Waals surface area (Å²) in [5, 5.41) is 3.49. The molecular weight excluding hydrogens is 210 g/mol. The third kappa shape index (κ3) is 8.58. The highest BCUT2D eigenvalue weighted by atomic mass is 15.2. The minimum atomic E-state index is 0.678. The summed E-state index contributed by atoms with van der Waals surface area (Å²) in [4.78, 5) is 4.92. The van der Waals surface area contributed by atoms with Crippen LogP contribution < -0.4 is 5.32 Å². The van der Waals surface area contributed by atoms with Gasteiger partial charge in [-0.05, 0) is 33.0 Å². The van der Waals surface area contributed by atoms with Gasteiger partial charge < -0.3 is 10.2 Å². The van der Waals surface area contributed by atoms with Crippen molar-refractivity contribution in [2.75, 3.05) is 46.8 Å². The van der Waals surface area contributed by atoms with Gasteiger partial charge in [-0.2, -0.15) is 0 Å². The van der Waals surface area contributed by atoms with E-state index in [1.54, 1.807) is 0 Å². The third-order valence-corrected chi connectivity index (χ3v) is 3.05. The van der Waals surface area contributed by atoms with E-state index in [1.165, 1.54) is 19.5 Å². The molecule has 0 saturated heterocycles. The molecule has 0 saturated carbocycles. The standard InChI is InChI=1S/C14H33N3/c1-7-14(11-15-8-2)17(12-13(3)4)10-9-16(5)6/h13-15H,7-12H2,1-6H3. The van der Waals surface area contributed by atoms with Crippen LogP contribution in [-0.4, -0.2) is 62.7 Å². The van der Waals surface area contributed by atoms with Crippen molar-refractivity contribution >= 4 is 0 Å². The maximum atomic E-state index is 3.49. The Morgan fingerprint density at radius 1 is 1.06 bits per heavy atom. The van der Waals surface area contributed by atoms with Gasteiger partial charge in [-0.15, -0.1) is 0 Å². The first-order chi connectivity index (χ1) is 8.01. The molecule has 1 atom stereocenters. The summed E-state index contributed by atoms with van der Waals surface area (Å²) < 4.78 is 0. The fourth-order valence-corrected chi connectivity index (χ4v) is 2.06. The van der Waals surface area contributed by atoms with Gasteiger partial charge >= 0.3 is 0 Å². The highest BCUT2D eigenvalue weighted by Gasteiger charge is 2.17. The van der Waals surface area contributed by atoms with Crippen molar-refractivity contribution in [2.45, 2.75) is 40.2 Å². The van der Waals surface area contributed by atoms with E-state index in [-0.39, 0.29) is 0 Å². The first-order valence-corrected chi connectivity index (χ1v) is 7.10. The third-order valence-electron chi connectivity index (χ3n) is 3.05. The molecule has 1 N–H and O–H groups in total. The molecule has 0 fully saturated rings. The number of nitrogens with one attached hydrogen (secondary N) is 1. The van der Waals surface area contributed by atoms with Crippen molar-refractivity contribution in [3.8, 4) is 0 Å². The maximum absolute atomic E-state index is 3.49. The van der Waals surface area contributed by atoms with E-state index < -0.39 is 0 Å². The number of hydrogen-bond donors (Lipinski definition) is 1. The molecule has 0 radical (unpaired) electrons. The van der Waals surface area contributed by atoms with E-state index in [9.17, 15) is 0 Å². The number of nitrogens with zero attached hydrogens (tertiary/aromatic N) is 2. The molecule has 0 aliphatic carbocycles. The van der Waals surface area contributed by atoms with Gasteiger partial charge in [0.15, 0.2) is 0 Å². The Balaban J connectivity index is 4.28. The number of rotatable bonds is 10. The Morgan fingerprint density at radius 2 is 1.71 bits per heavy atom. The van der Waals surface area contributed by atoms with E-state index >= 15 is 0 Å². The molecule has 1 unspecified atom stereocenters. The summed E-state index contributed by atoms with van der Waals surface area (Å²) in [6.45, 7) is 14.8.